The third-order valence-electron chi connectivity index (χ3n) is 3.96. The van der Waals surface area contributed by atoms with Crippen LogP contribution in [0.5, 0.6) is 0 Å². The van der Waals surface area contributed by atoms with Gasteiger partial charge in [-0.1, -0.05) is 20.8 Å². The molecule has 5 heteroatoms. The second kappa shape index (κ2) is 7.18. The predicted octanol–water partition coefficient (Wildman–Crippen LogP) is 2.69. The molecule has 0 spiro atoms. The molecule has 130 valence electrons. The van der Waals surface area contributed by atoms with E-state index < -0.39 is 5.60 Å². The topological polar surface area (TPSA) is 58.8 Å². The Morgan fingerprint density at radius 1 is 1.05 bits per heavy atom. The molecule has 1 saturated heterocycles. The molecule has 2 N–H and O–H groups in total. The first-order chi connectivity index (χ1) is 9.92. The second-order valence-corrected chi connectivity index (χ2v) is 8.53. The van der Waals surface area contributed by atoms with E-state index in [4.69, 9.17) is 10.5 Å². The highest BCUT2D eigenvalue weighted by molar-refractivity contribution is 5.68. The molecule has 0 aromatic rings. The number of carbonyl (C=O) groups excluding carboxylic acids is 1. The molecule has 1 aliphatic rings. The van der Waals surface area contributed by atoms with Gasteiger partial charge in [-0.15, -0.1) is 0 Å². The molecule has 22 heavy (non-hydrogen) atoms. The van der Waals surface area contributed by atoms with Gasteiger partial charge >= 0.3 is 6.09 Å². The average molecular weight is 313 g/mol. The molecule has 0 saturated carbocycles. The molecule has 1 aliphatic heterocycles. The third-order valence-corrected chi connectivity index (χ3v) is 3.96. The second-order valence-electron chi connectivity index (χ2n) is 8.53. The van der Waals surface area contributed by atoms with E-state index in [-0.39, 0.29) is 17.6 Å². The smallest absolute Gasteiger partial charge is 0.410 e. The Labute approximate surface area is 136 Å². The molecule has 1 amide bonds. The van der Waals surface area contributed by atoms with Gasteiger partial charge in [0.1, 0.15) is 5.60 Å². The quantitative estimate of drug-likeness (QED) is 0.851. The maximum Gasteiger partial charge on any atom is 0.410 e. The van der Waals surface area contributed by atoms with Crippen LogP contribution in [0.25, 0.3) is 0 Å². The van der Waals surface area contributed by atoms with E-state index in [1.165, 1.54) is 0 Å². The molecule has 0 bridgehead atoms. The summed E-state index contributed by atoms with van der Waals surface area (Å²) in [6, 6.07) is 0.416. The number of hydrogen-bond donors (Lipinski definition) is 1. The van der Waals surface area contributed by atoms with Crippen molar-refractivity contribution in [3.63, 3.8) is 0 Å². The van der Waals surface area contributed by atoms with Gasteiger partial charge in [-0.3, -0.25) is 4.90 Å². The summed E-state index contributed by atoms with van der Waals surface area (Å²) >= 11 is 0. The van der Waals surface area contributed by atoms with Gasteiger partial charge < -0.3 is 15.4 Å². The lowest BCUT2D eigenvalue weighted by Gasteiger charge is -2.42. The van der Waals surface area contributed by atoms with Crippen LogP contribution in [0.2, 0.25) is 0 Å². The lowest BCUT2D eigenvalue weighted by Crippen LogP contribution is -2.54. The van der Waals surface area contributed by atoms with Gasteiger partial charge in [-0.25, -0.2) is 4.79 Å². The SMILES string of the molecule is CC(N)C(N1CCCN(C(=O)OC(C)(C)C)CC1)C(C)(C)C. The summed E-state index contributed by atoms with van der Waals surface area (Å²) in [4.78, 5) is 16.5. The average Bonchev–Trinajstić information content (AvgIpc) is 2.50. The normalized spacial score (nSPS) is 21.2. The minimum Gasteiger partial charge on any atom is -0.444 e. The van der Waals surface area contributed by atoms with Gasteiger partial charge in [0.25, 0.3) is 0 Å². The third kappa shape index (κ3) is 5.76. The molecule has 1 fully saturated rings. The van der Waals surface area contributed by atoms with Crippen LogP contribution in [0.3, 0.4) is 0 Å². The summed E-state index contributed by atoms with van der Waals surface area (Å²) in [5, 5.41) is 0. The lowest BCUT2D eigenvalue weighted by molar-refractivity contribution is 0.0246. The van der Waals surface area contributed by atoms with Crippen LogP contribution in [0.1, 0.15) is 54.9 Å². The van der Waals surface area contributed by atoms with Crippen molar-refractivity contribution < 1.29 is 9.53 Å². The molecule has 0 radical (unpaired) electrons. The number of nitrogens with two attached hydrogens (primary N) is 1. The van der Waals surface area contributed by atoms with Gasteiger partial charge in [0.05, 0.1) is 0 Å². The monoisotopic (exact) mass is 313 g/mol. The summed E-state index contributed by atoms with van der Waals surface area (Å²) < 4.78 is 5.49. The Hall–Kier alpha value is -0.810. The fraction of sp³-hybridized carbons (Fsp3) is 0.941. The van der Waals surface area contributed by atoms with Crippen molar-refractivity contribution in [1.82, 2.24) is 9.80 Å². The molecular formula is C17H35N3O2. The molecule has 0 aromatic heterocycles. The van der Waals surface area contributed by atoms with E-state index in [1.807, 2.05) is 25.7 Å². The maximum absolute atomic E-state index is 12.2. The molecule has 5 nitrogen and oxygen atoms in total. The Morgan fingerprint density at radius 3 is 2.09 bits per heavy atom. The van der Waals surface area contributed by atoms with E-state index in [2.05, 4.69) is 32.6 Å². The molecule has 2 atom stereocenters. The largest absolute Gasteiger partial charge is 0.444 e. The number of carbonyl (C=O) groups is 1. The van der Waals surface area contributed by atoms with Crippen molar-refractivity contribution in [2.24, 2.45) is 11.1 Å². The maximum atomic E-state index is 12.2. The van der Waals surface area contributed by atoms with Crippen LogP contribution in [0, 0.1) is 5.41 Å². The number of nitrogens with zero attached hydrogens (tertiary/aromatic N) is 2. The standard InChI is InChI=1S/C17H35N3O2/c1-13(18)14(16(2,3)4)19-9-8-10-20(12-11-19)15(21)22-17(5,6)7/h13-14H,8-12,18H2,1-7H3. The number of rotatable bonds is 2. The first-order valence-corrected chi connectivity index (χ1v) is 8.39. The van der Waals surface area contributed by atoms with Crippen molar-refractivity contribution in [2.75, 3.05) is 26.2 Å². The van der Waals surface area contributed by atoms with Crippen LogP contribution in [-0.2, 0) is 4.74 Å². The molecule has 0 aromatic carbocycles. The van der Waals surface area contributed by atoms with Crippen molar-refractivity contribution in [3.8, 4) is 0 Å². The summed E-state index contributed by atoms with van der Waals surface area (Å²) in [5.74, 6) is 0. The first kappa shape index (κ1) is 19.2. The number of hydrogen-bond acceptors (Lipinski definition) is 4. The van der Waals surface area contributed by atoms with E-state index in [0.29, 0.717) is 12.6 Å². The molecular weight excluding hydrogens is 278 g/mol. The summed E-state index contributed by atoms with van der Waals surface area (Å²) in [6.07, 6.45) is 0.751. The van der Waals surface area contributed by atoms with Gasteiger partial charge in [-0.05, 0) is 39.5 Å². The van der Waals surface area contributed by atoms with E-state index >= 15 is 0 Å². The van der Waals surface area contributed by atoms with Crippen LogP contribution in [-0.4, -0.2) is 59.8 Å². The van der Waals surface area contributed by atoms with Gasteiger partial charge in [0, 0.05) is 38.3 Å². The Kier molecular flexibility index (Phi) is 6.27. The molecule has 1 rings (SSSR count). The summed E-state index contributed by atoms with van der Waals surface area (Å²) in [6.45, 7) is 17.8. The van der Waals surface area contributed by atoms with Crippen LogP contribution in [0.4, 0.5) is 4.79 Å². The van der Waals surface area contributed by atoms with Crippen molar-refractivity contribution >= 4 is 6.09 Å². The van der Waals surface area contributed by atoms with Crippen molar-refractivity contribution in [2.45, 2.75) is 72.6 Å². The molecule has 2 unspecified atom stereocenters. The van der Waals surface area contributed by atoms with E-state index in [9.17, 15) is 4.79 Å². The highest BCUT2D eigenvalue weighted by Gasteiger charge is 2.35. The van der Waals surface area contributed by atoms with Gasteiger partial charge in [-0.2, -0.15) is 0 Å². The molecule has 0 aliphatic carbocycles. The summed E-state index contributed by atoms with van der Waals surface area (Å²) in [7, 11) is 0. The van der Waals surface area contributed by atoms with Gasteiger partial charge in [0.15, 0.2) is 0 Å². The summed E-state index contributed by atoms with van der Waals surface area (Å²) in [5.41, 5.74) is 5.91. The number of ether oxygens (including phenoxy) is 1. The zero-order valence-electron chi connectivity index (χ0n) is 15.5. The van der Waals surface area contributed by atoms with Crippen LogP contribution >= 0.6 is 0 Å². The predicted molar refractivity (Wildman–Crippen MR) is 90.9 cm³/mol. The van der Waals surface area contributed by atoms with Gasteiger partial charge in [0.2, 0.25) is 0 Å². The fourth-order valence-electron chi connectivity index (χ4n) is 3.39. The van der Waals surface area contributed by atoms with Crippen molar-refractivity contribution in [3.05, 3.63) is 0 Å². The van der Waals surface area contributed by atoms with Crippen LogP contribution < -0.4 is 5.73 Å². The van der Waals surface area contributed by atoms with Crippen LogP contribution in [0.15, 0.2) is 0 Å². The Morgan fingerprint density at radius 2 is 1.64 bits per heavy atom. The number of amides is 1. The molecule has 1 heterocycles. The Bertz CT molecular complexity index is 369. The highest BCUT2D eigenvalue weighted by Crippen LogP contribution is 2.27. The fourth-order valence-corrected chi connectivity index (χ4v) is 3.39. The van der Waals surface area contributed by atoms with E-state index in [1.54, 1.807) is 0 Å². The lowest BCUT2D eigenvalue weighted by atomic mass is 9.81. The Balaban J connectivity index is 2.71. The zero-order chi connectivity index (χ0) is 17.1. The first-order valence-electron chi connectivity index (χ1n) is 8.39. The minimum atomic E-state index is -0.442. The highest BCUT2D eigenvalue weighted by atomic mass is 16.6. The minimum absolute atomic E-state index is 0.105. The van der Waals surface area contributed by atoms with E-state index in [0.717, 1.165) is 26.1 Å². The zero-order valence-corrected chi connectivity index (χ0v) is 15.5. The van der Waals surface area contributed by atoms with Crippen molar-refractivity contribution in [1.29, 1.82) is 0 Å².